The van der Waals surface area contributed by atoms with Gasteiger partial charge in [-0.05, 0) is 48.5 Å². The van der Waals surface area contributed by atoms with Crippen LogP contribution < -0.4 is 11.3 Å². The van der Waals surface area contributed by atoms with E-state index in [9.17, 15) is 9.59 Å². The van der Waals surface area contributed by atoms with Gasteiger partial charge in [0.05, 0.1) is 17.6 Å². The first-order chi connectivity index (χ1) is 15.5. The van der Waals surface area contributed by atoms with Crippen molar-refractivity contribution in [1.29, 1.82) is 0 Å². The van der Waals surface area contributed by atoms with Gasteiger partial charge in [0.2, 0.25) is 5.91 Å². The van der Waals surface area contributed by atoms with Crippen LogP contribution in [0.4, 0.5) is 0 Å². The van der Waals surface area contributed by atoms with Gasteiger partial charge in [-0.25, -0.2) is 9.67 Å². The maximum absolute atomic E-state index is 13.6. The Morgan fingerprint density at radius 3 is 2.22 bits per heavy atom. The second-order valence-corrected chi connectivity index (χ2v) is 7.56. The van der Waals surface area contributed by atoms with E-state index in [1.165, 1.54) is 10.8 Å². The fourth-order valence-corrected chi connectivity index (χ4v) is 3.66. The van der Waals surface area contributed by atoms with Crippen LogP contribution >= 0.6 is 11.6 Å². The zero-order valence-corrected chi connectivity index (χ0v) is 17.4. The fraction of sp³-hybridized carbons (Fsp3) is 0. The molecule has 3 aromatic carbocycles. The van der Waals surface area contributed by atoms with E-state index in [0.29, 0.717) is 38.7 Å². The molecule has 5 aromatic rings. The Balaban J connectivity index is 1.82. The molecule has 0 radical (unpaired) electrons. The number of fused-ring (bicyclic) bond motifs is 1. The van der Waals surface area contributed by atoms with Gasteiger partial charge in [0.15, 0.2) is 5.65 Å². The van der Waals surface area contributed by atoms with E-state index in [-0.39, 0.29) is 5.56 Å². The highest BCUT2D eigenvalue weighted by Gasteiger charge is 2.18. The first-order valence-electron chi connectivity index (χ1n) is 9.75. The highest BCUT2D eigenvalue weighted by molar-refractivity contribution is 6.30. The summed E-state index contributed by atoms with van der Waals surface area (Å²) in [5.41, 5.74) is 7.93. The van der Waals surface area contributed by atoms with Crippen molar-refractivity contribution in [2.24, 2.45) is 5.73 Å². The van der Waals surface area contributed by atoms with Crippen molar-refractivity contribution in [2.75, 3.05) is 0 Å². The summed E-state index contributed by atoms with van der Waals surface area (Å²) in [6.45, 7) is 0. The minimum Gasteiger partial charge on any atom is -0.366 e. The predicted octanol–water partition coefficient (Wildman–Crippen LogP) is 3.99. The quantitative estimate of drug-likeness (QED) is 0.456. The second kappa shape index (κ2) is 7.79. The number of para-hydroxylation sites is 1. The SMILES string of the molecule is NC(=O)c1ccc(-c2nc3c(cnn3-c3ccccc3)c(=O)n2-c2ccc(Cl)cc2)cc1. The van der Waals surface area contributed by atoms with E-state index in [2.05, 4.69) is 5.10 Å². The average molecular weight is 442 g/mol. The van der Waals surface area contributed by atoms with Crippen molar-refractivity contribution in [3.63, 3.8) is 0 Å². The first kappa shape index (κ1) is 19.7. The third-order valence-electron chi connectivity index (χ3n) is 5.11. The second-order valence-electron chi connectivity index (χ2n) is 7.12. The molecule has 0 aliphatic heterocycles. The van der Waals surface area contributed by atoms with Crippen LogP contribution in [0.15, 0.2) is 89.9 Å². The molecule has 2 N–H and O–H groups in total. The number of primary amides is 1. The van der Waals surface area contributed by atoms with Crippen molar-refractivity contribution < 1.29 is 4.79 Å². The zero-order chi connectivity index (χ0) is 22.2. The Kier molecular flexibility index (Phi) is 4.80. The number of carbonyl (C=O) groups is 1. The van der Waals surface area contributed by atoms with Crippen LogP contribution in [0.3, 0.4) is 0 Å². The standard InChI is InChI=1S/C24H16ClN5O2/c25-17-10-12-18(13-11-17)29-22(16-8-6-15(7-9-16)21(26)31)28-23-20(24(29)32)14-27-30(23)19-4-2-1-3-5-19/h1-14H,(H2,26,31). The fourth-order valence-electron chi connectivity index (χ4n) is 3.53. The molecule has 2 aromatic heterocycles. The molecule has 32 heavy (non-hydrogen) atoms. The summed E-state index contributed by atoms with van der Waals surface area (Å²) >= 11 is 6.05. The largest absolute Gasteiger partial charge is 0.366 e. The molecule has 0 saturated carbocycles. The molecule has 0 saturated heterocycles. The van der Waals surface area contributed by atoms with Crippen LogP contribution in [0.1, 0.15) is 10.4 Å². The summed E-state index contributed by atoms with van der Waals surface area (Å²) in [4.78, 5) is 29.9. The van der Waals surface area contributed by atoms with Gasteiger partial charge < -0.3 is 5.73 Å². The summed E-state index contributed by atoms with van der Waals surface area (Å²) in [5.74, 6) is -0.129. The summed E-state index contributed by atoms with van der Waals surface area (Å²) in [6, 6.07) is 23.0. The molecule has 0 fully saturated rings. The van der Waals surface area contributed by atoms with Gasteiger partial charge in [-0.3, -0.25) is 14.2 Å². The van der Waals surface area contributed by atoms with Gasteiger partial charge in [-0.15, -0.1) is 0 Å². The maximum atomic E-state index is 13.6. The molecule has 1 amide bonds. The minimum absolute atomic E-state index is 0.270. The molecular weight excluding hydrogens is 426 g/mol. The highest BCUT2D eigenvalue weighted by Crippen LogP contribution is 2.24. The normalized spacial score (nSPS) is 11.0. The number of amides is 1. The van der Waals surface area contributed by atoms with E-state index in [1.54, 1.807) is 53.2 Å². The topological polar surface area (TPSA) is 95.8 Å². The summed E-state index contributed by atoms with van der Waals surface area (Å²) in [5, 5.41) is 5.34. The maximum Gasteiger partial charge on any atom is 0.269 e. The lowest BCUT2D eigenvalue weighted by Crippen LogP contribution is -2.22. The van der Waals surface area contributed by atoms with Gasteiger partial charge in [0.25, 0.3) is 5.56 Å². The highest BCUT2D eigenvalue weighted by atomic mass is 35.5. The third-order valence-corrected chi connectivity index (χ3v) is 5.37. The van der Waals surface area contributed by atoms with Crippen molar-refractivity contribution in [3.05, 3.63) is 106 Å². The third kappa shape index (κ3) is 3.34. The van der Waals surface area contributed by atoms with E-state index < -0.39 is 5.91 Å². The summed E-state index contributed by atoms with van der Waals surface area (Å²) in [7, 11) is 0. The average Bonchev–Trinajstić information content (AvgIpc) is 3.25. The Bertz CT molecular complexity index is 1510. The Labute approximate surface area is 187 Å². The number of benzene rings is 3. The van der Waals surface area contributed by atoms with E-state index in [4.69, 9.17) is 22.3 Å². The van der Waals surface area contributed by atoms with E-state index in [1.807, 2.05) is 30.3 Å². The molecule has 8 heteroatoms. The van der Waals surface area contributed by atoms with Crippen LogP contribution in [0.5, 0.6) is 0 Å². The van der Waals surface area contributed by atoms with E-state index in [0.717, 1.165) is 5.69 Å². The van der Waals surface area contributed by atoms with Crippen LogP contribution in [-0.4, -0.2) is 25.2 Å². The summed E-state index contributed by atoms with van der Waals surface area (Å²) in [6.07, 6.45) is 1.52. The molecule has 7 nitrogen and oxygen atoms in total. The van der Waals surface area contributed by atoms with Gasteiger partial charge in [-0.2, -0.15) is 5.10 Å². The first-order valence-corrected chi connectivity index (χ1v) is 10.1. The molecule has 0 unspecified atom stereocenters. The molecular formula is C24H16ClN5O2. The van der Waals surface area contributed by atoms with Crippen molar-refractivity contribution in [3.8, 4) is 22.8 Å². The van der Waals surface area contributed by atoms with Crippen molar-refractivity contribution >= 4 is 28.5 Å². The summed E-state index contributed by atoms with van der Waals surface area (Å²) < 4.78 is 3.14. The monoisotopic (exact) mass is 441 g/mol. The predicted molar refractivity (Wildman–Crippen MR) is 123 cm³/mol. The molecule has 0 aliphatic rings. The smallest absolute Gasteiger partial charge is 0.269 e. The van der Waals surface area contributed by atoms with Gasteiger partial charge in [0, 0.05) is 16.1 Å². The van der Waals surface area contributed by atoms with Crippen molar-refractivity contribution in [1.82, 2.24) is 19.3 Å². The molecule has 2 heterocycles. The van der Waals surface area contributed by atoms with Gasteiger partial charge in [-0.1, -0.05) is 41.9 Å². The van der Waals surface area contributed by atoms with E-state index >= 15 is 0 Å². The van der Waals surface area contributed by atoms with Gasteiger partial charge >= 0.3 is 0 Å². The lowest BCUT2D eigenvalue weighted by molar-refractivity contribution is 0.100. The Hall–Kier alpha value is -4.23. The van der Waals surface area contributed by atoms with Crippen LogP contribution in [0.25, 0.3) is 33.8 Å². The van der Waals surface area contributed by atoms with Gasteiger partial charge in [0.1, 0.15) is 11.2 Å². The molecule has 5 rings (SSSR count). The molecule has 156 valence electrons. The number of aromatic nitrogens is 4. The van der Waals surface area contributed by atoms with Crippen molar-refractivity contribution in [2.45, 2.75) is 0 Å². The minimum atomic E-state index is -0.530. The lowest BCUT2D eigenvalue weighted by Gasteiger charge is -2.14. The molecule has 0 atom stereocenters. The Morgan fingerprint density at radius 1 is 0.875 bits per heavy atom. The number of halogens is 1. The molecule has 0 aliphatic carbocycles. The number of nitrogens with zero attached hydrogens (tertiary/aromatic N) is 4. The van der Waals surface area contributed by atoms with Crippen LogP contribution in [0, 0.1) is 0 Å². The number of hydrogen-bond donors (Lipinski definition) is 1. The lowest BCUT2D eigenvalue weighted by atomic mass is 10.1. The zero-order valence-electron chi connectivity index (χ0n) is 16.6. The number of nitrogens with two attached hydrogens (primary N) is 1. The van der Waals surface area contributed by atoms with Crippen LogP contribution in [0.2, 0.25) is 5.02 Å². The Morgan fingerprint density at radius 2 is 1.56 bits per heavy atom. The number of carbonyl (C=O) groups excluding carboxylic acids is 1. The molecule has 0 bridgehead atoms. The molecule has 0 spiro atoms. The number of hydrogen-bond acceptors (Lipinski definition) is 4. The van der Waals surface area contributed by atoms with Crippen LogP contribution in [-0.2, 0) is 0 Å². The number of rotatable bonds is 4.